The minimum atomic E-state index is -3.58. The Kier molecular flexibility index (Phi) is 2.84. The Morgan fingerprint density at radius 3 is 2.44 bits per heavy atom. The molecule has 0 bridgehead atoms. The third-order valence-corrected chi connectivity index (χ3v) is 3.50. The summed E-state index contributed by atoms with van der Waals surface area (Å²) in [5.74, 6) is 0.315. The van der Waals surface area contributed by atoms with Gasteiger partial charge in [0.25, 0.3) is 10.0 Å². The van der Waals surface area contributed by atoms with Crippen LogP contribution in [0, 0.1) is 0 Å². The lowest BCUT2D eigenvalue weighted by molar-refractivity contribution is 0.601. The Bertz CT molecular complexity index is 563. The largest absolute Gasteiger partial charge is 0.264 e. The Morgan fingerprint density at radius 1 is 1.19 bits per heavy atom. The van der Waals surface area contributed by atoms with Crippen molar-refractivity contribution in [1.29, 1.82) is 0 Å². The number of H-pyrrole nitrogens is 1. The molecule has 2 aromatic rings. The Morgan fingerprint density at radius 2 is 1.88 bits per heavy atom. The number of aromatic amines is 1. The number of nitrogens with one attached hydrogen (secondary N) is 2. The monoisotopic (exact) mass is 257 g/mol. The zero-order valence-electron chi connectivity index (χ0n) is 8.01. The SMILES string of the molecule is O=S(=O)(Nc1ccn[nH]1)c1ccc(Cl)cc1. The van der Waals surface area contributed by atoms with Gasteiger partial charge in [-0.1, -0.05) is 11.6 Å². The molecule has 1 aromatic heterocycles. The van der Waals surface area contributed by atoms with Gasteiger partial charge in [0.1, 0.15) is 5.82 Å². The van der Waals surface area contributed by atoms with Crippen molar-refractivity contribution >= 4 is 27.4 Å². The van der Waals surface area contributed by atoms with E-state index in [0.717, 1.165) is 0 Å². The molecule has 0 saturated heterocycles. The fraction of sp³-hybridized carbons (Fsp3) is 0. The van der Waals surface area contributed by atoms with E-state index in [9.17, 15) is 8.42 Å². The van der Waals surface area contributed by atoms with E-state index in [-0.39, 0.29) is 4.90 Å². The molecule has 2 rings (SSSR count). The Hall–Kier alpha value is -1.53. The second kappa shape index (κ2) is 4.15. The summed E-state index contributed by atoms with van der Waals surface area (Å²) in [6.45, 7) is 0. The van der Waals surface area contributed by atoms with Crippen LogP contribution in [0.2, 0.25) is 5.02 Å². The number of rotatable bonds is 3. The molecule has 0 aliphatic rings. The van der Waals surface area contributed by atoms with E-state index >= 15 is 0 Å². The van der Waals surface area contributed by atoms with Crippen LogP contribution < -0.4 is 4.72 Å². The van der Waals surface area contributed by atoms with Crippen LogP contribution in [-0.4, -0.2) is 18.6 Å². The van der Waals surface area contributed by atoms with Gasteiger partial charge in [-0.3, -0.25) is 9.82 Å². The van der Waals surface area contributed by atoms with Crippen molar-refractivity contribution in [2.75, 3.05) is 4.72 Å². The van der Waals surface area contributed by atoms with Crippen molar-refractivity contribution in [1.82, 2.24) is 10.2 Å². The Balaban J connectivity index is 2.29. The van der Waals surface area contributed by atoms with E-state index < -0.39 is 10.0 Å². The number of hydrogen-bond acceptors (Lipinski definition) is 3. The summed E-state index contributed by atoms with van der Waals surface area (Å²) in [5, 5.41) is 6.64. The summed E-state index contributed by atoms with van der Waals surface area (Å²) in [7, 11) is -3.58. The Labute approximate surface area is 97.5 Å². The lowest BCUT2D eigenvalue weighted by atomic mass is 10.4. The van der Waals surface area contributed by atoms with Crippen LogP contribution in [0.25, 0.3) is 0 Å². The van der Waals surface area contributed by atoms with Crippen LogP contribution in [-0.2, 0) is 10.0 Å². The molecular weight excluding hydrogens is 250 g/mol. The van der Waals surface area contributed by atoms with Gasteiger partial charge in [-0.15, -0.1) is 0 Å². The van der Waals surface area contributed by atoms with E-state index in [0.29, 0.717) is 10.8 Å². The maximum Gasteiger partial charge on any atom is 0.263 e. The molecule has 0 fully saturated rings. The fourth-order valence-corrected chi connectivity index (χ4v) is 2.27. The number of aromatic nitrogens is 2. The number of nitrogens with zero attached hydrogens (tertiary/aromatic N) is 1. The third kappa shape index (κ3) is 2.34. The molecule has 0 atom stereocenters. The first-order valence-electron chi connectivity index (χ1n) is 4.36. The molecule has 0 unspecified atom stereocenters. The molecule has 2 N–H and O–H groups in total. The molecular formula is C9H8ClN3O2S. The number of sulfonamides is 1. The normalized spacial score (nSPS) is 11.3. The van der Waals surface area contributed by atoms with E-state index in [1.165, 1.54) is 36.5 Å². The highest BCUT2D eigenvalue weighted by Crippen LogP contribution is 2.16. The predicted octanol–water partition coefficient (Wildman–Crippen LogP) is 1.86. The topological polar surface area (TPSA) is 74.8 Å². The van der Waals surface area contributed by atoms with Crippen LogP contribution in [0.15, 0.2) is 41.4 Å². The van der Waals surface area contributed by atoms with Gasteiger partial charge in [-0.05, 0) is 24.3 Å². The molecule has 0 saturated carbocycles. The average Bonchev–Trinajstić information content (AvgIpc) is 2.70. The standard InChI is InChI=1S/C9H8ClN3O2S/c10-7-1-3-8(4-2-7)16(14,15)13-9-5-6-11-12-9/h1-6H,(H2,11,12,13). The highest BCUT2D eigenvalue weighted by molar-refractivity contribution is 7.92. The van der Waals surface area contributed by atoms with Crippen molar-refractivity contribution in [3.05, 3.63) is 41.6 Å². The number of hydrogen-bond donors (Lipinski definition) is 2. The first kappa shape index (κ1) is 11.0. The van der Waals surface area contributed by atoms with Crippen molar-refractivity contribution in [3.8, 4) is 0 Å². The van der Waals surface area contributed by atoms with Crippen LogP contribution in [0.1, 0.15) is 0 Å². The van der Waals surface area contributed by atoms with Crippen LogP contribution in [0.4, 0.5) is 5.82 Å². The van der Waals surface area contributed by atoms with Gasteiger partial charge in [0.05, 0.1) is 11.1 Å². The number of halogens is 1. The molecule has 1 heterocycles. The molecule has 0 aliphatic heterocycles. The minimum absolute atomic E-state index is 0.145. The molecule has 1 aromatic carbocycles. The number of anilines is 1. The smallest absolute Gasteiger partial charge is 0.263 e. The van der Waals surface area contributed by atoms with E-state index in [4.69, 9.17) is 11.6 Å². The average molecular weight is 258 g/mol. The first-order chi connectivity index (χ1) is 7.58. The highest BCUT2D eigenvalue weighted by atomic mass is 35.5. The van der Waals surface area contributed by atoms with Gasteiger partial charge in [0.2, 0.25) is 0 Å². The van der Waals surface area contributed by atoms with E-state index in [1.807, 2.05) is 0 Å². The highest BCUT2D eigenvalue weighted by Gasteiger charge is 2.14. The zero-order valence-corrected chi connectivity index (χ0v) is 9.59. The lowest BCUT2D eigenvalue weighted by Gasteiger charge is -2.05. The zero-order chi connectivity index (χ0) is 11.6. The van der Waals surface area contributed by atoms with Crippen molar-refractivity contribution in [2.45, 2.75) is 4.90 Å². The summed E-state index contributed by atoms with van der Waals surface area (Å²) >= 11 is 5.67. The maximum absolute atomic E-state index is 11.8. The first-order valence-corrected chi connectivity index (χ1v) is 6.22. The fourth-order valence-electron chi connectivity index (χ4n) is 1.13. The van der Waals surface area contributed by atoms with Gasteiger partial charge in [-0.2, -0.15) is 5.10 Å². The molecule has 84 valence electrons. The third-order valence-electron chi connectivity index (χ3n) is 1.87. The van der Waals surface area contributed by atoms with E-state index in [1.54, 1.807) is 0 Å². The van der Waals surface area contributed by atoms with Gasteiger partial charge in [-0.25, -0.2) is 8.42 Å². The minimum Gasteiger partial charge on any atom is -0.264 e. The van der Waals surface area contributed by atoms with Crippen LogP contribution in [0.3, 0.4) is 0 Å². The summed E-state index contributed by atoms with van der Waals surface area (Å²) < 4.78 is 26.0. The van der Waals surface area contributed by atoms with Gasteiger partial charge < -0.3 is 0 Å². The molecule has 0 spiro atoms. The van der Waals surface area contributed by atoms with Crippen molar-refractivity contribution in [2.24, 2.45) is 0 Å². The maximum atomic E-state index is 11.8. The molecule has 5 nitrogen and oxygen atoms in total. The second-order valence-electron chi connectivity index (χ2n) is 3.03. The summed E-state index contributed by atoms with van der Waals surface area (Å²) in [6, 6.07) is 7.42. The number of benzene rings is 1. The summed E-state index contributed by atoms with van der Waals surface area (Å²) in [4.78, 5) is 0.145. The molecule has 0 radical (unpaired) electrons. The van der Waals surface area contributed by atoms with Crippen LogP contribution in [0.5, 0.6) is 0 Å². The van der Waals surface area contributed by atoms with Crippen molar-refractivity contribution < 1.29 is 8.42 Å². The molecule has 0 amide bonds. The van der Waals surface area contributed by atoms with Gasteiger partial charge >= 0.3 is 0 Å². The molecule has 0 aliphatic carbocycles. The lowest BCUT2D eigenvalue weighted by Crippen LogP contribution is -2.13. The quantitative estimate of drug-likeness (QED) is 0.881. The van der Waals surface area contributed by atoms with Crippen molar-refractivity contribution in [3.63, 3.8) is 0 Å². The predicted molar refractivity (Wildman–Crippen MR) is 60.8 cm³/mol. The molecule has 16 heavy (non-hydrogen) atoms. The van der Waals surface area contributed by atoms with E-state index in [2.05, 4.69) is 14.9 Å². The second-order valence-corrected chi connectivity index (χ2v) is 5.15. The van der Waals surface area contributed by atoms with Gasteiger partial charge in [0, 0.05) is 11.1 Å². The summed E-state index contributed by atoms with van der Waals surface area (Å²) in [5.41, 5.74) is 0. The summed E-state index contributed by atoms with van der Waals surface area (Å²) in [6.07, 6.45) is 1.46. The van der Waals surface area contributed by atoms with Gasteiger partial charge in [0.15, 0.2) is 0 Å². The van der Waals surface area contributed by atoms with Crippen LogP contribution >= 0.6 is 11.6 Å². The molecule has 7 heteroatoms.